The molecule has 0 aliphatic heterocycles. The number of hydrogen-bond donors (Lipinski definition) is 2. The molecule has 122 valence electrons. The Morgan fingerprint density at radius 2 is 1.87 bits per heavy atom. The molecule has 2 amide bonds. The zero-order valence-corrected chi connectivity index (χ0v) is 13.8. The number of carbonyl (C=O) groups excluding carboxylic acids is 2. The Bertz CT molecular complexity index is 697. The molecule has 1 unspecified atom stereocenters. The quantitative estimate of drug-likeness (QED) is 0.833. The molecule has 0 saturated heterocycles. The maximum Gasteiger partial charge on any atom is 0.313 e. The van der Waals surface area contributed by atoms with Crippen molar-refractivity contribution >= 4 is 28.4 Å². The van der Waals surface area contributed by atoms with Gasteiger partial charge >= 0.3 is 11.8 Å². The van der Waals surface area contributed by atoms with E-state index < -0.39 is 11.8 Å². The Kier molecular flexibility index (Phi) is 5.68. The van der Waals surface area contributed by atoms with E-state index in [2.05, 4.69) is 29.5 Å². The highest BCUT2D eigenvalue weighted by molar-refractivity contribution is 6.39. The summed E-state index contributed by atoms with van der Waals surface area (Å²) in [5, 5.41) is 6.27. The van der Waals surface area contributed by atoms with Crippen LogP contribution >= 0.6 is 0 Å². The van der Waals surface area contributed by atoms with Crippen molar-refractivity contribution in [3.05, 3.63) is 36.5 Å². The maximum atomic E-state index is 12.0. The Hall–Kier alpha value is -2.43. The number of fused-ring (bicyclic) bond motifs is 1. The number of nitrogens with zero attached hydrogens (tertiary/aromatic N) is 1. The van der Waals surface area contributed by atoms with Crippen molar-refractivity contribution in [3.63, 3.8) is 0 Å². The fourth-order valence-corrected chi connectivity index (χ4v) is 2.29. The molecule has 2 N–H and O–H groups in total. The van der Waals surface area contributed by atoms with Crippen molar-refractivity contribution in [1.29, 1.82) is 0 Å². The van der Waals surface area contributed by atoms with Crippen LogP contribution in [0, 0.1) is 5.92 Å². The lowest BCUT2D eigenvalue weighted by atomic mass is 10.0. The summed E-state index contributed by atoms with van der Waals surface area (Å²) in [4.78, 5) is 28.1. The van der Waals surface area contributed by atoms with Crippen molar-refractivity contribution in [2.75, 3.05) is 5.32 Å². The molecule has 0 fully saturated rings. The number of rotatable bonds is 5. The van der Waals surface area contributed by atoms with Gasteiger partial charge in [0.1, 0.15) is 0 Å². The van der Waals surface area contributed by atoms with Gasteiger partial charge in [0.2, 0.25) is 0 Å². The number of carbonyl (C=O) groups is 2. The number of nitrogens with one attached hydrogen (secondary N) is 2. The highest BCUT2D eigenvalue weighted by Crippen LogP contribution is 2.16. The Morgan fingerprint density at radius 3 is 2.61 bits per heavy atom. The minimum absolute atomic E-state index is 0.0172. The first-order valence-electron chi connectivity index (χ1n) is 7.92. The van der Waals surface area contributed by atoms with Gasteiger partial charge in [0.15, 0.2) is 0 Å². The summed E-state index contributed by atoms with van der Waals surface area (Å²) in [7, 11) is 0. The van der Waals surface area contributed by atoms with Crippen LogP contribution in [-0.4, -0.2) is 22.8 Å². The molecule has 0 aliphatic rings. The van der Waals surface area contributed by atoms with Crippen LogP contribution in [0.15, 0.2) is 36.5 Å². The number of aromatic nitrogens is 1. The van der Waals surface area contributed by atoms with Gasteiger partial charge in [-0.15, -0.1) is 0 Å². The van der Waals surface area contributed by atoms with Crippen molar-refractivity contribution in [2.24, 2.45) is 5.92 Å². The first-order chi connectivity index (χ1) is 11.0. The van der Waals surface area contributed by atoms with Gasteiger partial charge in [-0.2, -0.15) is 0 Å². The molecule has 1 aromatic carbocycles. The zero-order valence-electron chi connectivity index (χ0n) is 13.8. The first kappa shape index (κ1) is 16.9. The molecule has 0 radical (unpaired) electrons. The number of amides is 2. The molecular formula is C18H23N3O2. The number of anilines is 1. The van der Waals surface area contributed by atoms with Gasteiger partial charge in [-0.05, 0) is 49.9 Å². The molecule has 5 nitrogen and oxygen atoms in total. The first-order valence-corrected chi connectivity index (χ1v) is 7.92. The summed E-state index contributed by atoms with van der Waals surface area (Å²) in [5.74, 6) is -0.674. The lowest BCUT2D eigenvalue weighted by Gasteiger charge is -2.14. The highest BCUT2D eigenvalue weighted by atomic mass is 16.2. The van der Waals surface area contributed by atoms with E-state index in [0.717, 1.165) is 23.7 Å². The molecule has 23 heavy (non-hydrogen) atoms. The summed E-state index contributed by atoms with van der Waals surface area (Å²) >= 11 is 0. The van der Waals surface area contributed by atoms with Crippen LogP contribution in [0.4, 0.5) is 5.69 Å². The van der Waals surface area contributed by atoms with Crippen LogP contribution in [0.3, 0.4) is 0 Å². The predicted octanol–water partition coefficient (Wildman–Crippen LogP) is 3.11. The monoisotopic (exact) mass is 313 g/mol. The molecule has 2 rings (SSSR count). The van der Waals surface area contributed by atoms with Gasteiger partial charge in [0.25, 0.3) is 0 Å². The SMILES string of the molecule is CC(C)CCC(C)NC(=O)C(=O)Nc1ccc2ncccc2c1. The van der Waals surface area contributed by atoms with Crippen LogP contribution in [0.25, 0.3) is 10.9 Å². The van der Waals surface area contributed by atoms with Gasteiger partial charge in [0.05, 0.1) is 5.52 Å². The van der Waals surface area contributed by atoms with Gasteiger partial charge < -0.3 is 10.6 Å². The van der Waals surface area contributed by atoms with Crippen LogP contribution in [0.5, 0.6) is 0 Å². The summed E-state index contributed by atoms with van der Waals surface area (Å²) in [5.41, 5.74) is 1.43. The highest BCUT2D eigenvalue weighted by Gasteiger charge is 2.16. The molecule has 0 bridgehead atoms. The second-order valence-electron chi connectivity index (χ2n) is 6.21. The fraction of sp³-hybridized carbons (Fsp3) is 0.389. The van der Waals surface area contributed by atoms with E-state index in [1.807, 2.05) is 25.1 Å². The summed E-state index contributed by atoms with van der Waals surface area (Å²) in [6.07, 6.45) is 3.59. The summed E-state index contributed by atoms with van der Waals surface area (Å²) in [6, 6.07) is 9.08. The predicted molar refractivity (Wildman–Crippen MR) is 92.0 cm³/mol. The Morgan fingerprint density at radius 1 is 1.09 bits per heavy atom. The molecule has 1 aromatic heterocycles. The summed E-state index contributed by atoms with van der Waals surface area (Å²) in [6.45, 7) is 6.18. The van der Waals surface area contributed by atoms with Crippen LogP contribution in [0.2, 0.25) is 0 Å². The topological polar surface area (TPSA) is 71.1 Å². The maximum absolute atomic E-state index is 12.0. The van der Waals surface area contributed by atoms with Crippen molar-refractivity contribution < 1.29 is 9.59 Å². The molecular weight excluding hydrogens is 290 g/mol. The Balaban J connectivity index is 1.93. The molecule has 0 aliphatic carbocycles. The van der Waals surface area contributed by atoms with E-state index in [1.165, 1.54) is 0 Å². The standard InChI is InChI=1S/C18H23N3O2/c1-12(2)6-7-13(3)20-17(22)18(23)21-15-8-9-16-14(11-15)5-4-10-19-16/h4-5,8-13H,6-7H2,1-3H3,(H,20,22)(H,21,23). The van der Waals surface area contributed by atoms with Crippen LogP contribution in [0.1, 0.15) is 33.6 Å². The molecule has 1 atom stereocenters. The fourth-order valence-electron chi connectivity index (χ4n) is 2.29. The van der Waals surface area contributed by atoms with E-state index in [0.29, 0.717) is 11.6 Å². The third-order valence-corrected chi connectivity index (χ3v) is 3.62. The number of benzene rings is 1. The number of hydrogen-bond acceptors (Lipinski definition) is 3. The summed E-state index contributed by atoms with van der Waals surface area (Å²) < 4.78 is 0. The molecule has 0 saturated carbocycles. The lowest BCUT2D eigenvalue weighted by Crippen LogP contribution is -2.40. The van der Waals surface area contributed by atoms with E-state index in [-0.39, 0.29) is 6.04 Å². The minimum atomic E-state index is -0.648. The second-order valence-corrected chi connectivity index (χ2v) is 6.21. The van der Waals surface area contributed by atoms with Gasteiger partial charge in [-0.3, -0.25) is 14.6 Å². The molecule has 1 heterocycles. The van der Waals surface area contributed by atoms with E-state index in [1.54, 1.807) is 18.3 Å². The largest absolute Gasteiger partial charge is 0.345 e. The lowest BCUT2D eigenvalue weighted by molar-refractivity contribution is -0.136. The van der Waals surface area contributed by atoms with Crippen LogP contribution < -0.4 is 10.6 Å². The van der Waals surface area contributed by atoms with E-state index >= 15 is 0 Å². The van der Waals surface area contributed by atoms with Crippen molar-refractivity contribution in [3.8, 4) is 0 Å². The average molecular weight is 313 g/mol. The average Bonchev–Trinajstić information content (AvgIpc) is 2.52. The van der Waals surface area contributed by atoms with Crippen molar-refractivity contribution in [1.82, 2.24) is 10.3 Å². The minimum Gasteiger partial charge on any atom is -0.345 e. The third-order valence-electron chi connectivity index (χ3n) is 3.62. The third kappa shape index (κ3) is 5.06. The van der Waals surface area contributed by atoms with Gasteiger partial charge in [-0.25, -0.2) is 0 Å². The Labute approximate surface area is 136 Å². The van der Waals surface area contributed by atoms with Crippen LogP contribution in [-0.2, 0) is 9.59 Å². The van der Waals surface area contributed by atoms with Crippen molar-refractivity contribution in [2.45, 2.75) is 39.7 Å². The van der Waals surface area contributed by atoms with E-state index in [9.17, 15) is 9.59 Å². The smallest absolute Gasteiger partial charge is 0.313 e. The molecule has 2 aromatic rings. The van der Waals surface area contributed by atoms with E-state index in [4.69, 9.17) is 0 Å². The molecule has 5 heteroatoms. The zero-order chi connectivity index (χ0) is 16.8. The normalized spacial score (nSPS) is 12.2. The molecule has 0 spiro atoms. The number of pyridine rings is 1. The van der Waals surface area contributed by atoms with Gasteiger partial charge in [-0.1, -0.05) is 19.9 Å². The van der Waals surface area contributed by atoms with Gasteiger partial charge in [0, 0.05) is 23.3 Å². The second kappa shape index (κ2) is 7.72.